The van der Waals surface area contributed by atoms with E-state index in [-0.39, 0.29) is 13.3 Å². The first kappa shape index (κ1) is 20.2. The molecular weight excluding hydrogens is 376 g/mol. The molecule has 1 amide bonds. The number of aliphatic hydroxyl groups is 2. The molecule has 6 nitrogen and oxygen atoms in total. The van der Waals surface area contributed by atoms with E-state index in [2.05, 4.69) is 5.32 Å². The number of carbonyl (C=O) groups is 1. The van der Waals surface area contributed by atoms with Crippen LogP contribution in [0.4, 0.5) is 5.69 Å². The van der Waals surface area contributed by atoms with Crippen LogP contribution in [0.25, 0.3) is 10.1 Å². The first-order valence-electron chi connectivity index (χ1n) is 7.75. The first-order valence-corrected chi connectivity index (χ1v) is 8.95. The lowest BCUT2D eigenvalue weighted by Gasteiger charge is -2.00. The second kappa shape index (κ2) is 10.1. The van der Waals surface area contributed by atoms with Crippen LogP contribution in [0.1, 0.15) is 15.2 Å². The molecule has 0 radical (unpaired) electrons. The number of fused-ring (bicyclic) bond motifs is 1. The fraction of sp³-hybridized carbons (Fsp3) is 0.167. The third kappa shape index (κ3) is 5.69. The van der Waals surface area contributed by atoms with Gasteiger partial charge in [0, 0.05) is 22.0 Å². The fourth-order valence-electron chi connectivity index (χ4n) is 2.19. The zero-order valence-corrected chi connectivity index (χ0v) is 15.3. The van der Waals surface area contributed by atoms with Gasteiger partial charge in [-0.2, -0.15) is 0 Å². The Morgan fingerprint density at radius 3 is 2.42 bits per heavy atom. The minimum atomic E-state index is -0.516. The number of rotatable bonds is 5. The molecule has 5 N–H and O–H groups in total. The van der Waals surface area contributed by atoms with Crippen molar-refractivity contribution in [2.75, 3.05) is 18.7 Å². The molecule has 0 fully saturated rings. The van der Waals surface area contributed by atoms with Crippen LogP contribution >= 0.6 is 22.9 Å². The summed E-state index contributed by atoms with van der Waals surface area (Å²) in [6, 6.07) is 14.7. The number of benzene rings is 2. The second-order valence-corrected chi connectivity index (χ2v) is 6.76. The number of hydroxylamine groups is 1. The lowest BCUT2D eigenvalue weighted by atomic mass is 10.2. The van der Waals surface area contributed by atoms with Crippen molar-refractivity contribution in [2.45, 2.75) is 6.42 Å². The Labute approximate surface area is 159 Å². The highest BCUT2D eigenvalue weighted by Gasteiger charge is 2.09. The monoisotopic (exact) mass is 394 g/mol. The van der Waals surface area contributed by atoms with E-state index in [0.717, 1.165) is 26.4 Å². The minimum absolute atomic E-state index is 0.139. The molecule has 0 saturated heterocycles. The number of anilines is 1. The van der Waals surface area contributed by atoms with E-state index in [1.54, 1.807) is 11.5 Å². The number of halogens is 1. The van der Waals surface area contributed by atoms with Gasteiger partial charge in [0.25, 0.3) is 5.91 Å². The van der Waals surface area contributed by atoms with Crippen molar-refractivity contribution in [3.05, 3.63) is 64.0 Å². The van der Waals surface area contributed by atoms with Crippen LogP contribution in [-0.2, 0) is 6.42 Å². The highest BCUT2D eigenvalue weighted by atomic mass is 35.5. The van der Waals surface area contributed by atoms with Gasteiger partial charge in [-0.3, -0.25) is 10.0 Å². The largest absolute Gasteiger partial charge is 0.396 e. The molecule has 0 aliphatic heterocycles. The fourth-order valence-corrected chi connectivity index (χ4v) is 3.25. The van der Waals surface area contributed by atoms with E-state index in [9.17, 15) is 4.79 Å². The average Bonchev–Trinajstić information content (AvgIpc) is 3.07. The topological polar surface area (TPSA) is 102 Å². The molecule has 8 heteroatoms. The molecule has 138 valence electrons. The van der Waals surface area contributed by atoms with Gasteiger partial charge in [-0.25, -0.2) is 5.48 Å². The molecule has 2 aromatic carbocycles. The number of nitrogens with one attached hydrogen (secondary N) is 2. The Morgan fingerprint density at radius 2 is 1.81 bits per heavy atom. The number of carbonyl (C=O) groups excluding carboxylic acids is 1. The molecule has 0 atom stereocenters. The van der Waals surface area contributed by atoms with Crippen molar-refractivity contribution < 1.29 is 20.2 Å². The van der Waals surface area contributed by atoms with Gasteiger partial charge >= 0.3 is 0 Å². The summed E-state index contributed by atoms with van der Waals surface area (Å²) in [5.41, 5.74) is 3.50. The maximum Gasteiger partial charge on any atom is 0.284 e. The van der Waals surface area contributed by atoms with Crippen LogP contribution in [0.2, 0.25) is 5.02 Å². The van der Waals surface area contributed by atoms with Crippen molar-refractivity contribution in [2.24, 2.45) is 0 Å². The Hall–Kier alpha value is -2.16. The molecule has 3 rings (SSSR count). The molecular formula is C18H19ClN2O4S. The first-order chi connectivity index (χ1) is 12.6. The number of hydrogen-bond donors (Lipinski definition) is 5. The van der Waals surface area contributed by atoms with Crippen molar-refractivity contribution in [1.29, 1.82) is 0 Å². The van der Waals surface area contributed by atoms with Crippen LogP contribution in [0.3, 0.4) is 0 Å². The molecule has 0 aliphatic carbocycles. The van der Waals surface area contributed by atoms with Crippen LogP contribution in [0.15, 0.2) is 48.5 Å². The summed E-state index contributed by atoms with van der Waals surface area (Å²) in [6.07, 6.45) is 0.706. The summed E-state index contributed by atoms with van der Waals surface area (Å²) < 4.78 is 0.946. The minimum Gasteiger partial charge on any atom is -0.396 e. The van der Waals surface area contributed by atoms with Crippen LogP contribution in [0.5, 0.6) is 0 Å². The van der Waals surface area contributed by atoms with Gasteiger partial charge in [-0.15, -0.1) is 11.3 Å². The van der Waals surface area contributed by atoms with Gasteiger partial charge in [0.05, 0.1) is 4.88 Å². The van der Waals surface area contributed by atoms with Crippen LogP contribution in [-0.4, -0.2) is 34.7 Å². The molecule has 3 aromatic rings. The predicted octanol–water partition coefficient (Wildman–Crippen LogP) is 3.26. The maximum atomic E-state index is 11.2. The summed E-state index contributed by atoms with van der Waals surface area (Å²) >= 11 is 6.94. The van der Waals surface area contributed by atoms with Crippen molar-refractivity contribution in [3.63, 3.8) is 0 Å². The van der Waals surface area contributed by atoms with Crippen LogP contribution < -0.4 is 10.8 Å². The number of thiophene rings is 1. The van der Waals surface area contributed by atoms with Gasteiger partial charge in [-0.05, 0) is 53.8 Å². The van der Waals surface area contributed by atoms with Gasteiger partial charge in [0.2, 0.25) is 0 Å². The Kier molecular flexibility index (Phi) is 7.83. The van der Waals surface area contributed by atoms with E-state index in [4.69, 9.17) is 27.0 Å². The van der Waals surface area contributed by atoms with Gasteiger partial charge in [0.1, 0.15) is 6.73 Å². The molecule has 0 spiro atoms. The quantitative estimate of drug-likeness (QED) is 0.260. The Bertz CT molecular complexity index is 852. The SMILES string of the molecule is O=C(NO)c1cc2cc(NCO)ccc2s1.OCCc1ccc(Cl)cc1. The zero-order chi connectivity index (χ0) is 18.9. The molecule has 1 aromatic heterocycles. The van der Waals surface area contributed by atoms with E-state index in [0.29, 0.717) is 11.3 Å². The standard InChI is InChI=1S/C10H10N2O3S.C8H9ClO/c13-5-11-7-1-2-8-6(3-7)4-9(16-8)10(14)12-15;9-8-3-1-7(2-4-8)5-6-10/h1-4,11,13,15H,5H2,(H,12,14);1-4,10H,5-6H2. The van der Waals surface area contributed by atoms with Crippen molar-refractivity contribution in [1.82, 2.24) is 5.48 Å². The van der Waals surface area contributed by atoms with E-state index in [1.165, 1.54) is 11.3 Å². The van der Waals surface area contributed by atoms with E-state index >= 15 is 0 Å². The molecule has 0 unspecified atom stereocenters. The summed E-state index contributed by atoms with van der Waals surface area (Å²) in [6.45, 7) is 0.0568. The molecule has 26 heavy (non-hydrogen) atoms. The summed E-state index contributed by atoms with van der Waals surface area (Å²) in [5.74, 6) is -0.516. The maximum absolute atomic E-state index is 11.2. The van der Waals surface area contributed by atoms with Gasteiger partial charge < -0.3 is 15.5 Å². The average molecular weight is 395 g/mol. The van der Waals surface area contributed by atoms with Gasteiger partial charge in [0.15, 0.2) is 0 Å². The number of aliphatic hydroxyl groups excluding tert-OH is 2. The van der Waals surface area contributed by atoms with E-state index < -0.39 is 5.91 Å². The Balaban J connectivity index is 0.000000209. The third-order valence-corrected chi connectivity index (χ3v) is 4.81. The number of hydrogen-bond acceptors (Lipinski definition) is 6. The molecule has 0 saturated carbocycles. The van der Waals surface area contributed by atoms with Gasteiger partial charge in [-0.1, -0.05) is 23.7 Å². The highest BCUT2D eigenvalue weighted by molar-refractivity contribution is 7.20. The lowest BCUT2D eigenvalue weighted by Crippen LogP contribution is -2.16. The Morgan fingerprint density at radius 1 is 1.08 bits per heavy atom. The summed E-state index contributed by atoms with van der Waals surface area (Å²) in [5, 5.41) is 30.2. The van der Waals surface area contributed by atoms with Crippen molar-refractivity contribution >= 4 is 44.6 Å². The molecule has 1 heterocycles. The summed E-state index contributed by atoms with van der Waals surface area (Å²) in [4.78, 5) is 11.6. The van der Waals surface area contributed by atoms with Crippen molar-refractivity contribution in [3.8, 4) is 0 Å². The zero-order valence-electron chi connectivity index (χ0n) is 13.8. The van der Waals surface area contributed by atoms with E-state index in [1.807, 2.05) is 42.5 Å². The predicted molar refractivity (Wildman–Crippen MR) is 104 cm³/mol. The normalized spacial score (nSPS) is 10.2. The highest BCUT2D eigenvalue weighted by Crippen LogP contribution is 2.28. The summed E-state index contributed by atoms with van der Waals surface area (Å²) in [7, 11) is 0. The smallest absolute Gasteiger partial charge is 0.284 e. The second-order valence-electron chi connectivity index (χ2n) is 5.24. The lowest BCUT2D eigenvalue weighted by molar-refractivity contribution is 0.0711. The molecule has 0 aliphatic rings. The van der Waals surface area contributed by atoms with Crippen LogP contribution in [0, 0.1) is 0 Å². The molecule has 0 bridgehead atoms. The number of amides is 1. The third-order valence-electron chi connectivity index (χ3n) is 3.44.